The monoisotopic (exact) mass is 540 g/mol. The zero-order chi connectivity index (χ0) is 25.1. The fourth-order valence-corrected chi connectivity index (χ4v) is 8.33. The molecule has 3 heterocycles. The Hall–Kier alpha value is -2.33. The van der Waals surface area contributed by atoms with E-state index in [1.165, 1.54) is 0 Å². The number of aliphatic hydroxyl groups is 1. The zero-order valence-electron chi connectivity index (χ0n) is 19.4. The molecule has 0 spiro atoms. The first kappa shape index (κ1) is 24.0. The quantitative estimate of drug-likeness (QED) is 0.351. The zero-order valence-corrected chi connectivity index (χ0v) is 21.7. The number of thiophene rings is 1. The van der Waals surface area contributed by atoms with Gasteiger partial charge in [-0.05, 0) is 53.6 Å². The number of pyridine rings is 1. The number of hydrogen-bond acceptors (Lipinski definition) is 6. The van der Waals surface area contributed by atoms with E-state index >= 15 is 0 Å². The van der Waals surface area contributed by atoms with Gasteiger partial charge in [0.25, 0.3) is 0 Å². The molecule has 186 valence electrons. The summed E-state index contributed by atoms with van der Waals surface area (Å²) in [6.45, 7) is 0.784. The van der Waals surface area contributed by atoms with Gasteiger partial charge in [-0.1, -0.05) is 48.0 Å². The summed E-state index contributed by atoms with van der Waals surface area (Å²) in [7, 11) is -3.83. The molecule has 9 heteroatoms. The lowest BCUT2D eigenvalue weighted by Gasteiger charge is -2.25. The van der Waals surface area contributed by atoms with Crippen LogP contribution < -0.4 is 5.14 Å². The van der Waals surface area contributed by atoms with Crippen molar-refractivity contribution >= 4 is 43.0 Å². The number of ether oxygens (including phenoxy) is 1. The predicted molar refractivity (Wildman–Crippen MR) is 143 cm³/mol. The third-order valence-electron chi connectivity index (χ3n) is 7.47. The fraction of sp³-hybridized carbons (Fsp3) is 0.296. The third-order valence-corrected chi connectivity index (χ3v) is 10.8. The van der Waals surface area contributed by atoms with Gasteiger partial charge in [0, 0.05) is 45.3 Å². The number of halogens is 1. The van der Waals surface area contributed by atoms with E-state index in [9.17, 15) is 13.5 Å². The van der Waals surface area contributed by atoms with E-state index in [0.29, 0.717) is 30.9 Å². The van der Waals surface area contributed by atoms with E-state index < -0.39 is 26.3 Å². The normalized spacial score (nSPS) is 22.1. The highest BCUT2D eigenvalue weighted by Crippen LogP contribution is 2.58. The van der Waals surface area contributed by atoms with E-state index in [1.54, 1.807) is 23.6 Å². The molecule has 1 aliphatic carbocycles. The number of nitrogens with two attached hydrogens (primary N) is 1. The summed E-state index contributed by atoms with van der Waals surface area (Å²) in [5, 5.41) is 18.3. The summed E-state index contributed by atoms with van der Waals surface area (Å²) in [4.78, 5) is 5.51. The Morgan fingerprint density at radius 2 is 1.89 bits per heavy atom. The first-order valence-electron chi connectivity index (χ1n) is 11.8. The molecule has 6 rings (SSSR count). The molecule has 2 fully saturated rings. The number of fused-ring (bicyclic) bond motifs is 1. The van der Waals surface area contributed by atoms with E-state index in [-0.39, 0.29) is 6.61 Å². The van der Waals surface area contributed by atoms with Gasteiger partial charge in [0.2, 0.25) is 10.0 Å². The second-order valence-corrected chi connectivity index (χ2v) is 13.1. The molecule has 2 aromatic carbocycles. The highest BCUT2D eigenvalue weighted by Gasteiger charge is 2.60. The highest BCUT2D eigenvalue weighted by molar-refractivity contribution is 7.91. The molecule has 1 saturated heterocycles. The molecule has 1 aliphatic heterocycles. The number of rotatable bonds is 6. The number of hydrogen-bond donors (Lipinski definition) is 2. The first-order valence-corrected chi connectivity index (χ1v) is 14.5. The standard InChI is InChI=1S/C27H25ClN2O4S2/c28-21-7-2-1-5-19(21)24(27(9-10-27)36(29,32)33)23-14-17-4-3-6-20(25(17)35-23)22-15-18(8-12-30-22)26(31)11-13-34-16-26/h1-8,12,14-15,24,31H,9-11,13,16H2,(H2,29,32,33)/t24?,26-/m0/s1. The van der Waals surface area contributed by atoms with Gasteiger partial charge in [-0.15, -0.1) is 11.3 Å². The van der Waals surface area contributed by atoms with Crippen molar-refractivity contribution in [1.29, 1.82) is 0 Å². The average Bonchev–Trinajstić information content (AvgIpc) is 3.36. The summed E-state index contributed by atoms with van der Waals surface area (Å²) in [6, 6.07) is 19.2. The topological polar surface area (TPSA) is 103 Å². The summed E-state index contributed by atoms with van der Waals surface area (Å²) >= 11 is 8.14. The van der Waals surface area contributed by atoms with Gasteiger partial charge < -0.3 is 9.84 Å². The Kier molecular flexibility index (Phi) is 5.75. The summed E-state index contributed by atoms with van der Waals surface area (Å²) in [5.74, 6) is -0.470. The van der Waals surface area contributed by atoms with E-state index in [2.05, 4.69) is 4.98 Å². The second kappa shape index (κ2) is 8.62. The molecule has 4 aromatic rings. The molecule has 2 aliphatic rings. The summed E-state index contributed by atoms with van der Waals surface area (Å²) < 4.78 is 31.0. The number of sulfonamides is 1. The van der Waals surface area contributed by atoms with Crippen LogP contribution in [0.2, 0.25) is 5.02 Å². The Morgan fingerprint density at radius 1 is 1.08 bits per heavy atom. The number of benzene rings is 2. The van der Waals surface area contributed by atoms with Crippen molar-refractivity contribution in [3.05, 3.63) is 87.9 Å². The molecule has 0 radical (unpaired) electrons. The molecule has 3 N–H and O–H groups in total. The minimum absolute atomic E-state index is 0.263. The van der Waals surface area contributed by atoms with Gasteiger partial charge in [-0.2, -0.15) is 0 Å². The molecule has 1 unspecified atom stereocenters. The molecule has 36 heavy (non-hydrogen) atoms. The van der Waals surface area contributed by atoms with Crippen molar-refractivity contribution in [1.82, 2.24) is 4.98 Å². The van der Waals surface area contributed by atoms with E-state index in [4.69, 9.17) is 21.5 Å². The molecule has 0 bridgehead atoms. The Balaban J connectivity index is 1.51. The van der Waals surface area contributed by atoms with Crippen molar-refractivity contribution in [2.45, 2.75) is 35.5 Å². The molecule has 2 aromatic heterocycles. The predicted octanol–water partition coefficient (Wildman–Crippen LogP) is 5.18. The fourth-order valence-electron chi connectivity index (χ4n) is 5.34. The van der Waals surface area contributed by atoms with Gasteiger partial charge in [0.05, 0.1) is 17.0 Å². The van der Waals surface area contributed by atoms with Crippen molar-refractivity contribution in [2.75, 3.05) is 13.2 Å². The number of primary sulfonamides is 1. The molecular formula is C27H25ClN2O4S2. The van der Waals surface area contributed by atoms with E-state index in [1.807, 2.05) is 54.6 Å². The highest BCUT2D eigenvalue weighted by atomic mass is 35.5. The maximum atomic E-state index is 12.8. The van der Waals surface area contributed by atoms with Crippen LogP contribution in [-0.4, -0.2) is 36.5 Å². The third kappa shape index (κ3) is 3.88. The molecule has 1 saturated carbocycles. The van der Waals surface area contributed by atoms with Crippen molar-refractivity contribution < 1.29 is 18.3 Å². The van der Waals surface area contributed by atoms with Gasteiger partial charge in [0.15, 0.2) is 0 Å². The van der Waals surface area contributed by atoms with Gasteiger partial charge in [-0.25, -0.2) is 13.6 Å². The van der Waals surface area contributed by atoms with Crippen LogP contribution >= 0.6 is 22.9 Å². The lowest BCUT2D eigenvalue weighted by Crippen LogP contribution is -2.36. The molecule has 0 amide bonds. The summed E-state index contributed by atoms with van der Waals surface area (Å²) in [6.07, 6.45) is 3.24. The van der Waals surface area contributed by atoms with Gasteiger partial charge in [-0.3, -0.25) is 4.98 Å². The molecule has 6 nitrogen and oxygen atoms in total. The van der Waals surface area contributed by atoms with Gasteiger partial charge in [0.1, 0.15) is 5.60 Å². The lowest BCUT2D eigenvalue weighted by molar-refractivity contribution is 0.0232. The van der Waals surface area contributed by atoms with Crippen LogP contribution in [0.15, 0.2) is 66.9 Å². The maximum Gasteiger partial charge on any atom is 0.215 e. The van der Waals surface area contributed by atoms with Crippen LogP contribution in [0.4, 0.5) is 0 Å². The lowest BCUT2D eigenvalue weighted by atomic mass is 9.91. The van der Waals surface area contributed by atoms with Gasteiger partial charge >= 0.3 is 0 Å². The largest absolute Gasteiger partial charge is 0.383 e. The number of aromatic nitrogens is 1. The Labute approximate surface area is 218 Å². The van der Waals surface area contributed by atoms with Crippen LogP contribution in [0.25, 0.3) is 21.3 Å². The van der Waals surface area contributed by atoms with Crippen LogP contribution in [-0.2, 0) is 20.4 Å². The van der Waals surface area contributed by atoms with Crippen molar-refractivity contribution in [2.24, 2.45) is 5.14 Å². The Bertz CT molecular complexity index is 1570. The van der Waals surface area contributed by atoms with Crippen LogP contribution in [0.3, 0.4) is 0 Å². The molecule has 2 atom stereocenters. The minimum Gasteiger partial charge on any atom is -0.383 e. The Morgan fingerprint density at radius 3 is 2.58 bits per heavy atom. The first-order chi connectivity index (χ1) is 17.2. The van der Waals surface area contributed by atoms with E-state index in [0.717, 1.165) is 37.3 Å². The second-order valence-electron chi connectivity index (χ2n) is 9.70. The smallest absolute Gasteiger partial charge is 0.215 e. The minimum atomic E-state index is -3.83. The SMILES string of the molecule is NS(=O)(=O)C1(C(c2cc3cccc(-c4cc([C@]5(O)CCOC5)ccn4)c3s2)c2ccccc2Cl)CC1. The van der Waals surface area contributed by atoms with Crippen molar-refractivity contribution in [3.8, 4) is 11.3 Å². The van der Waals surface area contributed by atoms with Crippen LogP contribution in [0.1, 0.15) is 41.2 Å². The van der Waals surface area contributed by atoms with Crippen LogP contribution in [0, 0.1) is 0 Å². The average molecular weight is 541 g/mol. The molecular weight excluding hydrogens is 516 g/mol. The van der Waals surface area contributed by atoms with Crippen molar-refractivity contribution in [3.63, 3.8) is 0 Å². The number of nitrogens with zero attached hydrogens (tertiary/aromatic N) is 1. The van der Waals surface area contributed by atoms with Crippen LogP contribution in [0.5, 0.6) is 0 Å². The summed E-state index contributed by atoms with van der Waals surface area (Å²) in [5.41, 5.74) is 2.19. The maximum absolute atomic E-state index is 12.8.